The molecule has 2 aromatic rings. The maximum absolute atomic E-state index is 11.2. The predicted molar refractivity (Wildman–Crippen MR) is 83.9 cm³/mol. The number of carbonyl (C=O) groups excluding carboxylic acids is 1. The first kappa shape index (κ1) is 16.8. The van der Waals surface area contributed by atoms with Crippen molar-refractivity contribution in [2.45, 2.75) is 0 Å². The van der Waals surface area contributed by atoms with Gasteiger partial charge in [0, 0.05) is 25.2 Å². The molecule has 0 fully saturated rings. The Balaban J connectivity index is 2.18. The molecule has 2 rings (SSSR count). The van der Waals surface area contributed by atoms with Crippen molar-refractivity contribution in [3.05, 3.63) is 58.1 Å². The average molecular weight is 327 g/mol. The molecule has 0 heterocycles. The Hall–Kier alpha value is -3.60. The number of nitro groups is 1. The molecule has 2 aromatic carbocycles. The lowest BCUT2D eigenvalue weighted by Crippen LogP contribution is -2.24. The number of rotatable bonds is 6. The number of ether oxygens (including phenoxy) is 2. The molecule has 1 amide bonds. The first-order valence-electron chi connectivity index (χ1n) is 6.83. The number of nitro benzene ring substituents is 1. The number of likely N-dealkylation sites (N-methyl/N-ethyl adjacent to an activating group) is 1. The lowest BCUT2D eigenvalue weighted by atomic mass is 10.2. The fraction of sp³-hybridized carbons (Fsp3) is 0.125. The summed E-state index contributed by atoms with van der Waals surface area (Å²) >= 11 is 0. The molecular weight excluding hydrogens is 314 g/mol. The van der Waals surface area contributed by atoms with Crippen molar-refractivity contribution in [3.63, 3.8) is 0 Å². The van der Waals surface area contributed by atoms with Crippen molar-refractivity contribution in [1.82, 2.24) is 5.32 Å². The van der Waals surface area contributed by atoms with Crippen LogP contribution in [-0.2, 0) is 4.79 Å². The SMILES string of the molecule is CNC(=O)COc1cccc(Oc2ccc([N+](=O)[O-])cc2C#N)c1. The lowest BCUT2D eigenvalue weighted by molar-refractivity contribution is -0.384. The van der Waals surface area contributed by atoms with E-state index in [0.29, 0.717) is 11.5 Å². The predicted octanol–water partition coefficient (Wildman–Crippen LogP) is 2.38. The van der Waals surface area contributed by atoms with E-state index >= 15 is 0 Å². The minimum absolute atomic E-state index is 0.0425. The Morgan fingerprint density at radius 3 is 2.71 bits per heavy atom. The Labute approximate surface area is 137 Å². The Kier molecular flexibility index (Phi) is 5.31. The van der Waals surface area contributed by atoms with Crippen LogP contribution in [0.1, 0.15) is 5.56 Å². The minimum atomic E-state index is -0.585. The quantitative estimate of drug-likeness (QED) is 0.643. The Morgan fingerprint density at radius 2 is 2.04 bits per heavy atom. The zero-order chi connectivity index (χ0) is 17.5. The molecule has 0 unspecified atom stereocenters. The number of nitriles is 1. The second kappa shape index (κ2) is 7.60. The normalized spacial score (nSPS) is 9.67. The van der Waals surface area contributed by atoms with E-state index in [1.54, 1.807) is 24.3 Å². The molecule has 8 nitrogen and oxygen atoms in total. The van der Waals surface area contributed by atoms with Gasteiger partial charge in [-0.1, -0.05) is 6.07 Å². The summed E-state index contributed by atoms with van der Waals surface area (Å²) in [7, 11) is 1.50. The van der Waals surface area contributed by atoms with Crippen molar-refractivity contribution in [2.75, 3.05) is 13.7 Å². The average Bonchev–Trinajstić information content (AvgIpc) is 2.60. The fourth-order valence-electron chi connectivity index (χ4n) is 1.78. The van der Waals surface area contributed by atoms with Crippen LogP contribution < -0.4 is 14.8 Å². The van der Waals surface area contributed by atoms with Gasteiger partial charge in [-0.15, -0.1) is 0 Å². The second-order valence-electron chi connectivity index (χ2n) is 4.59. The van der Waals surface area contributed by atoms with E-state index in [4.69, 9.17) is 14.7 Å². The lowest BCUT2D eigenvalue weighted by Gasteiger charge is -2.09. The highest BCUT2D eigenvalue weighted by Gasteiger charge is 2.12. The van der Waals surface area contributed by atoms with Gasteiger partial charge in [-0.2, -0.15) is 5.26 Å². The maximum Gasteiger partial charge on any atom is 0.271 e. The van der Waals surface area contributed by atoms with Crippen LogP contribution in [0.5, 0.6) is 17.2 Å². The number of benzene rings is 2. The minimum Gasteiger partial charge on any atom is -0.484 e. The first-order valence-corrected chi connectivity index (χ1v) is 6.83. The molecule has 0 aliphatic rings. The van der Waals surface area contributed by atoms with E-state index in [1.807, 2.05) is 6.07 Å². The van der Waals surface area contributed by atoms with Gasteiger partial charge in [0.2, 0.25) is 0 Å². The standard InChI is InChI=1S/C16H13N3O5/c1-18-16(20)10-23-13-3-2-4-14(8-13)24-15-6-5-12(19(21)22)7-11(15)9-17/h2-8H,10H2,1H3,(H,18,20). The van der Waals surface area contributed by atoms with Crippen molar-refractivity contribution < 1.29 is 19.2 Å². The number of carbonyl (C=O) groups is 1. The van der Waals surface area contributed by atoms with Gasteiger partial charge in [0.25, 0.3) is 11.6 Å². The van der Waals surface area contributed by atoms with Crippen molar-refractivity contribution in [1.29, 1.82) is 5.26 Å². The summed E-state index contributed by atoms with van der Waals surface area (Å²) in [5, 5.41) is 22.3. The topological polar surface area (TPSA) is 114 Å². The highest BCUT2D eigenvalue weighted by molar-refractivity contribution is 5.77. The van der Waals surface area contributed by atoms with E-state index in [-0.39, 0.29) is 29.5 Å². The van der Waals surface area contributed by atoms with Crippen LogP contribution >= 0.6 is 0 Å². The molecule has 0 atom stereocenters. The van der Waals surface area contributed by atoms with E-state index in [9.17, 15) is 14.9 Å². The molecule has 0 aromatic heterocycles. The van der Waals surface area contributed by atoms with E-state index in [1.165, 1.54) is 19.2 Å². The van der Waals surface area contributed by atoms with Crippen LogP contribution in [0.2, 0.25) is 0 Å². The fourth-order valence-corrected chi connectivity index (χ4v) is 1.78. The number of non-ortho nitro benzene ring substituents is 1. The van der Waals surface area contributed by atoms with Crippen LogP contribution in [0, 0.1) is 21.4 Å². The first-order chi connectivity index (χ1) is 11.5. The van der Waals surface area contributed by atoms with Crippen LogP contribution in [0.25, 0.3) is 0 Å². The summed E-state index contributed by atoms with van der Waals surface area (Å²) < 4.78 is 10.9. The van der Waals surface area contributed by atoms with Gasteiger partial charge in [0.15, 0.2) is 6.61 Å². The monoisotopic (exact) mass is 327 g/mol. The van der Waals surface area contributed by atoms with Gasteiger partial charge < -0.3 is 14.8 Å². The van der Waals surface area contributed by atoms with Crippen molar-refractivity contribution in [2.24, 2.45) is 0 Å². The van der Waals surface area contributed by atoms with Gasteiger partial charge in [-0.05, 0) is 18.2 Å². The second-order valence-corrected chi connectivity index (χ2v) is 4.59. The van der Waals surface area contributed by atoms with Gasteiger partial charge in [0.05, 0.1) is 4.92 Å². The summed E-state index contributed by atoms with van der Waals surface area (Å²) in [6, 6.07) is 12.1. The molecule has 8 heteroatoms. The molecule has 0 bridgehead atoms. The Bertz CT molecular complexity index is 814. The van der Waals surface area contributed by atoms with Crippen LogP contribution in [0.4, 0.5) is 5.69 Å². The third-order valence-corrected chi connectivity index (χ3v) is 2.98. The molecule has 0 saturated heterocycles. The van der Waals surface area contributed by atoms with E-state index in [2.05, 4.69) is 5.32 Å². The summed E-state index contributed by atoms with van der Waals surface area (Å²) in [6.07, 6.45) is 0. The number of nitrogens with one attached hydrogen (secondary N) is 1. The molecule has 0 spiro atoms. The number of hydrogen-bond donors (Lipinski definition) is 1. The van der Waals surface area contributed by atoms with E-state index < -0.39 is 4.92 Å². The summed E-state index contributed by atoms with van der Waals surface area (Å²) in [6.45, 7) is -0.138. The maximum atomic E-state index is 11.2. The molecule has 0 aliphatic carbocycles. The molecule has 0 saturated carbocycles. The summed E-state index contributed by atoms with van der Waals surface area (Å²) in [4.78, 5) is 21.3. The molecule has 122 valence electrons. The molecule has 0 radical (unpaired) electrons. The van der Waals surface area contributed by atoms with E-state index in [0.717, 1.165) is 6.07 Å². The zero-order valence-corrected chi connectivity index (χ0v) is 12.7. The van der Waals surface area contributed by atoms with Crippen molar-refractivity contribution in [3.8, 4) is 23.3 Å². The van der Waals surface area contributed by atoms with Crippen LogP contribution in [-0.4, -0.2) is 24.5 Å². The molecular formula is C16H13N3O5. The number of hydrogen-bond acceptors (Lipinski definition) is 6. The largest absolute Gasteiger partial charge is 0.484 e. The smallest absolute Gasteiger partial charge is 0.271 e. The summed E-state index contributed by atoms with van der Waals surface area (Å²) in [5.74, 6) is 0.696. The molecule has 0 aliphatic heterocycles. The number of nitrogens with zero attached hydrogens (tertiary/aromatic N) is 2. The highest BCUT2D eigenvalue weighted by atomic mass is 16.6. The van der Waals surface area contributed by atoms with Crippen LogP contribution in [0.3, 0.4) is 0 Å². The van der Waals surface area contributed by atoms with Crippen molar-refractivity contribution >= 4 is 11.6 Å². The van der Waals surface area contributed by atoms with Gasteiger partial charge in [0.1, 0.15) is 28.9 Å². The molecule has 1 N–H and O–H groups in total. The summed E-state index contributed by atoms with van der Waals surface area (Å²) in [5.41, 5.74) is -0.151. The van der Waals surface area contributed by atoms with Gasteiger partial charge >= 0.3 is 0 Å². The zero-order valence-electron chi connectivity index (χ0n) is 12.7. The third-order valence-electron chi connectivity index (χ3n) is 2.98. The molecule has 24 heavy (non-hydrogen) atoms. The number of amides is 1. The van der Waals surface area contributed by atoms with Gasteiger partial charge in [-0.3, -0.25) is 14.9 Å². The van der Waals surface area contributed by atoms with Crippen LogP contribution in [0.15, 0.2) is 42.5 Å². The Morgan fingerprint density at radius 1 is 1.29 bits per heavy atom. The van der Waals surface area contributed by atoms with Gasteiger partial charge in [-0.25, -0.2) is 0 Å². The third kappa shape index (κ3) is 4.20. The highest BCUT2D eigenvalue weighted by Crippen LogP contribution is 2.30.